The fourth-order valence-electron chi connectivity index (χ4n) is 6.28. The third-order valence-electron chi connectivity index (χ3n) is 7.99. The van der Waals surface area contributed by atoms with Crippen molar-refractivity contribution in [2.75, 3.05) is 35.6 Å². The Morgan fingerprint density at radius 3 is 0.952 bits per heavy atom. The second kappa shape index (κ2) is 15.3. The molecule has 3 aromatic heterocycles. The highest BCUT2D eigenvalue weighted by atomic mass is 15.0. The standard InChI is InChI=1S/C36H51N6/c1-7-31-34(25-40-19-13-16-28(22-40)37-10-4)32(8-2)36(27-42-21-15-18-30(24-42)39-12-6)33(9-3)35(31)26-41-20-14-17-29(23-41)38-11-5/h13-24,37-39H,7-12,25-27H2,1-6H3/q+3. The molecule has 4 aromatic rings. The molecule has 0 saturated heterocycles. The number of nitrogens with one attached hydrogen (secondary N) is 3. The largest absolute Gasteiger partial charge is 0.381 e. The summed E-state index contributed by atoms with van der Waals surface area (Å²) in [5.41, 5.74) is 12.4. The molecule has 0 aliphatic heterocycles. The Labute approximate surface area is 253 Å². The van der Waals surface area contributed by atoms with Crippen LogP contribution in [-0.2, 0) is 38.9 Å². The van der Waals surface area contributed by atoms with Crippen LogP contribution in [0, 0.1) is 0 Å². The lowest BCUT2D eigenvalue weighted by Crippen LogP contribution is -2.39. The molecule has 0 unspecified atom stereocenters. The van der Waals surface area contributed by atoms with E-state index in [1.54, 1.807) is 0 Å². The van der Waals surface area contributed by atoms with Crippen LogP contribution >= 0.6 is 0 Å². The molecule has 3 heterocycles. The van der Waals surface area contributed by atoms with Crippen molar-refractivity contribution in [3.8, 4) is 0 Å². The number of hydrogen-bond donors (Lipinski definition) is 3. The summed E-state index contributed by atoms with van der Waals surface area (Å²) in [5.74, 6) is 0. The Kier molecular flexibility index (Phi) is 11.3. The predicted molar refractivity (Wildman–Crippen MR) is 174 cm³/mol. The SMILES string of the molecule is CCNc1ccc[n+](Cc2c(CC)c(C[n+]3cccc(NCC)c3)c(CC)c(C[n+]3cccc(NCC)c3)c2CC)c1. The molecule has 6 nitrogen and oxygen atoms in total. The summed E-state index contributed by atoms with van der Waals surface area (Å²) in [6.45, 7) is 18.8. The molecule has 6 heteroatoms. The minimum atomic E-state index is 0.861. The van der Waals surface area contributed by atoms with Gasteiger partial charge in [-0.2, -0.15) is 13.7 Å². The quantitative estimate of drug-likeness (QED) is 0.162. The van der Waals surface area contributed by atoms with Crippen LogP contribution in [0.4, 0.5) is 17.1 Å². The lowest BCUT2D eigenvalue weighted by atomic mass is 9.83. The second-order valence-corrected chi connectivity index (χ2v) is 10.8. The molecule has 4 rings (SSSR count). The molecular formula is C36H51N6+3. The van der Waals surface area contributed by atoms with Gasteiger partial charge in [-0.15, -0.1) is 0 Å². The summed E-state index contributed by atoms with van der Waals surface area (Å²) in [7, 11) is 0. The maximum atomic E-state index is 3.49. The van der Waals surface area contributed by atoms with Gasteiger partial charge >= 0.3 is 0 Å². The Balaban J connectivity index is 1.92. The zero-order valence-electron chi connectivity index (χ0n) is 26.6. The van der Waals surface area contributed by atoms with Gasteiger partial charge in [0.1, 0.15) is 0 Å². The van der Waals surface area contributed by atoms with E-state index in [0.717, 1.165) is 75.6 Å². The molecule has 0 spiro atoms. The summed E-state index contributed by atoms with van der Waals surface area (Å²) in [6, 6.07) is 12.9. The maximum Gasteiger partial charge on any atom is 0.192 e. The summed E-state index contributed by atoms with van der Waals surface area (Å²) in [6.07, 6.45) is 16.4. The number of rotatable bonds is 15. The molecule has 0 bridgehead atoms. The van der Waals surface area contributed by atoms with Crippen molar-refractivity contribution in [2.24, 2.45) is 0 Å². The predicted octanol–water partition coefficient (Wildman–Crippen LogP) is 5.68. The molecule has 42 heavy (non-hydrogen) atoms. The van der Waals surface area contributed by atoms with Crippen molar-refractivity contribution < 1.29 is 13.7 Å². The lowest BCUT2D eigenvalue weighted by Gasteiger charge is -2.23. The second-order valence-electron chi connectivity index (χ2n) is 10.8. The van der Waals surface area contributed by atoms with E-state index in [0.29, 0.717) is 0 Å². The molecule has 0 radical (unpaired) electrons. The molecule has 0 fully saturated rings. The molecular weight excluding hydrogens is 516 g/mol. The molecule has 0 atom stereocenters. The monoisotopic (exact) mass is 567 g/mol. The summed E-state index contributed by atoms with van der Waals surface area (Å²) in [4.78, 5) is 0. The average Bonchev–Trinajstić information content (AvgIpc) is 2.99. The summed E-state index contributed by atoms with van der Waals surface area (Å²) in [5, 5.41) is 10.5. The number of hydrogen-bond acceptors (Lipinski definition) is 3. The van der Waals surface area contributed by atoms with E-state index in [4.69, 9.17) is 0 Å². The van der Waals surface area contributed by atoms with Gasteiger partial charge in [0.15, 0.2) is 56.8 Å². The fourth-order valence-corrected chi connectivity index (χ4v) is 6.28. The van der Waals surface area contributed by atoms with Crippen LogP contribution in [0.3, 0.4) is 0 Å². The molecule has 222 valence electrons. The van der Waals surface area contributed by atoms with E-state index in [1.807, 2.05) is 0 Å². The highest BCUT2D eigenvalue weighted by molar-refractivity contribution is 5.52. The van der Waals surface area contributed by atoms with E-state index in [2.05, 4.69) is 145 Å². The molecule has 0 aliphatic carbocycles. The zero-order valence-corrected chi connectivity index (χ0v) is 26.6. The van der Waals surface area contributed by atoms with Crippen LogP contribution in [0.1, 0.15) is 74.9 Å². The van der Waals surface area contributed by atoms with Gasteiger partial charge < -0.3 is 16.0 Å². The normalized spacial score (nSPS) is 11.0. The van der Waals surface area contributed by atoms with E-state index in [1.165, 1.54) is 33.4 Å². The molecule has 1 aromatic carbocycles. The van der Waals surface area contributed by atoms with Gasteiger partial charge in [0.2, 0.25) is 0 Å². The highest BCUT2D eigenvalue weighted by Gasteiger charge is 2.27. The van der Waals surface area contributed by atoms with Crippen molar-refractivity contribution >= 4 is 17.1 Å². The first-order chi connectivity index (χ1) is 20.5. The summed E-state index contributed by atoms with van der Waals surface area (Å²) >= 11 is 0. The Morgan fingerprint density at radius 1 is 0.429 bits per heavy atom. The van der Waals surface area contributed by atoms with Gasteiger partial charge in [-0.05, 0) is 74.9 Å². The molecule has 0 aliphatic rings. The van der Waals surface area contributed by atoms with E-state index >= 15 is 0 Å². The third kappa shape index (κ3) is 7.47. The van der Waals surface area contributed by atoms with Crippen LogP contribution in [0.5, 0.6) is 0 Å². The summed E-state index contributed by atoms with van der Waals surface area (Å²) < 4.78 is 7.05. The fraction of sp³-hybridized carbons (Fsp3) is 0.417. The third-order valence-corrected chi connectivity index (χ3v) is 7.99. The topological polar surface area (TPSA) is 47.7 Å². The number of anilines is 3. The van der Waals surface area contributed by atoms with Crippen molar-refractivity contribution in [3.63, 3.8) is 0 Å². The van der Waals surface area contributed by atoms with Crippen LogP contribution in [0.2, 0.25) is 0 Å². The Hall–Kier alpha value is -3.93. The van der Waals surface area contributed by atoms with E-state index < -0.39 is 0 Å². The van der Waals surface area contributed by atoms with E-state index in [-0.39, 0.29) is 0 Å². The molecule has 3 N–H and O–H groups in total. The van der Waals surface area contributed by atoms with Crippen LogP contribution in [0.25, 0.3) is 0 Å². The van der Waals surface area contributed by atoms with Crippen LogP contribution in [0.15, 0.2) is 73.6 Å². The first kappa shape index (κ1) is 31.0. The first-order valence-electron chi connectivity index (χ1n) is 15.9. The van der Waals surface area contributed by atoms with Gasteiger partial charge in [0.05, 0.1) is 17.1 Å². The number of benzene rings is 1. The molecule has 0 saturated carbocycles. The van der Waals surface area contributed by atoms with Gasteiger partial charge in [-0.3, -0.25) is 0 Å². The minimum Gasteiger partial charge on any atom is -0.381 e. The van der Waals surface area contributed by atoms with Crippen molar-refractivity contribution in [1.29, 1.82) is 0 Å². The van der Waals surface area contributed by atoms with Gasteiger partial charge in [-0.25, -0.2) is 0 Å². The Morgan fingerprint density at radius 2 is 0.714 bits per heavy atom. The number of nitrogens with zero attached hydrogens (tertiary/aromatic N) is 3. The number of pyridine rings is 3. The molecule has 0 amide bonds. The number of aromatic nitrogens is 3. The smallest absolute Gasteiger partial charge is 0.192 e. The van der Waals surface area contributed by atoms with E-state index in [9.17, 15) is 0 Å². The van der Waals surface area contributed by atoms with Crippen molar-refractivity contribution in [3.05, 3.63) is 107 Å². The van der Waals surface area contributed by atoms with Gasteiger partial charge in [-0.1, -0.05) is 20.8 Å². The lowest BCUT2D eigenvalue weighted by molar-refractivity contribution is -0.690. The average molecular weight is 568 g/mol. The van der Waals surface area contributed by atoms with Crippen molar-refractivity contribution in [1.82, 2.24) is 0 Å². The highest BCUT2D eigenvalue weighted by Crippen LogP contribution is 2.31. The Bertz CT molecular complexity index is 1270. The maximum absolute atomic E-state index is 3.49. The van der Waals surface area contributed by atoms with Crippen LogP contribution in [-0.4, -0.2) is 19.6 Å². The van der Waals surface area contributed by atoms with Crippen molar-refractivity contribution in [2.45, 2.75) is 80.4 Å². The first-order valence-corrected chi connectivity index (χ1v) is 15.9. The van der Waals surface area contributed by atoms with Crippen LogP contribution < -0.4 is 29.7 Å². The minimum absolute atomic E-state index is 0.861. The zero-order chi connectivity index (χ0) is 29.9. The van der Waals surface area contributed by atoms with Gasteiger partial charge in [0, 0.05) is 54.5 Å². The van der Waals surface area contributed by atoms with Gasteiger partial charge in [0.25, 0.3) is 0 Å².